The molecule has 0 heterocycles. The summed E-state index contributed by atoms with van der Waals surface area (Å²) in [5, 5.41) is 0. The van der Waals surface area contributed by atoms with E-state index >= 15 is 0 Å². The number of benzene rings is 1. The number of esters is 1. The monoisotopic (exact) mass is 378 g/mol. The van der Waals surface area contributed by atoms with E-state index in [9.17, 15) is 4.79 Å². The fourth-order valence-corrected chi connectivity index (χ4v) is 7.60. The molecule has 1 aromatic carbocycles. The van der Waals surface area contributed by atoms with E-state index in [1.807, 2.05) is 30.3 Å². The van der Waals surface area contributed by atoms with Gasteiger partial charge in [-0.25, -0.2) is 4.79 Å². The van der Waals surface area contributed by atoms with E-state index in [2.05, 4.69) is 26.0 Å². The van der Waals surface area contributed by atoms with Gasteiger partial charge in [-0.3, -0.25) is 0 Å². The van der Waals surface area contributed by atoms with Gasteiger partial charge in [0.05, 0.1) is 5.56 Å². The normalized spacial score (nSPS) is 44.3. The van der Waals surface area contributed by atoms with Crippen molar-refractivity contribution in [2.75, 3.05) is 0 Å². The zero-order valence-corrected chi connectivity index (χ0v) is 17.4. The molecule has 3 fully saturated rings. The van der Waals surface area contributed by atoms with E-state index in [4.69, 9.17) is 4.74 Å². The first kappa shape index (κ1) is 18.5. The third-order valence-electron chi connectivity index (χ3n) is 9.23. The predicted molar refractivity (Wildman–Crippen MR) is 112 cm³/mol. The van der Waals surface area contributed by atoms with Crippen LogP contribution in [0, 0.1) is 34.5 Å². The van der Waals surface area contributed by atoms with Crippen LogP contribution in [-0.4, -0.2) is 12.1 Å². The first-order valence-electron chi connectivity index (χ1n) is 11.4. The lowest BCUT2D eigenvalue weighted by Gasteiger charge is -2.60. The molecule has 2 nitrogen and oxygen atoms in total. The Kier molecular flexibility index (Phi) is 4.45. The Morgan fingerprint density at radius 3 is 2.64 bits per heavy atom. The summed E-state index contributed by atoms with van der Waals surface area (Å²) >= 11 is 0. The van der Waals surface area contributed by atoms with Gasteiger partial charge in [-0.1, -0.05) is 44.2 Å². The topological polar surface area (TPSA) is 26.3 Å². The number of allylic oxidation sites excluding steroid dienone is 2. The van der Waals surface area contributed by atoms with Gasteiger partial charge in [-0.2, -0.15) is 0 Å². The molecule has 1 aromatic rings. The van der Waals surface area contributed by atoms with Crippen LogP contribution in [0.2, 0.25) is 0 Å². The van der Waals surface area contributed by atoms with E-state index in [1.165, 1.54) is 38.5 Å². The highest BCUT2D eigenvalue weighted by atomic mass is 16.5. The molecule has 0 saturated heterocycles. The quantitative estimate of drug-likeness (QED) is 0.438. The lowest BCUT2D eigenvalue weighted by Crippen LogP contribution is -2.53. The second-order valence-electron chi connectivity index (χ2n) is 10.5. The molecule has 0 unspecified atom stereocenters. The van der Waals surface area contributed by atoms with Crippen molar-refractivity contribution in [1.29, 1.82) is 0 Å². The summed E-state index contributed by atoms with van der Waals surface area (Å²) < 4.78 is 5.94. The van der Waals surface area contributed by atoms with E-state index in [0.717, 1.165) is 36.5 Å². The Bertz CT molecular complexity index is 768. The minimum absolute atomic E-state index is 0.101. The van der Waals surface area contributed by atoms with Crippen molar-refractivity contribution in [2.24, 2.45) is 34.5 Å². The minimum Gasteiger partial charge on any atom is -0.459 e. The van der Waals surface area contributed by atoms with E-state index in [-0.39, 0.29) is 12.1 Å². The first-order chi connectivity index (χ1) is 13.5. The van der Waals surface area contributed by atoms with Gasteiger partial charge in [-0.05, 0) is 98.0 Å². The summed E-state index contributed by atoms with van der Waals surface area (Å²) in [6, 6.07) is 9.47. The first-order valence-corrected chi connectivity index (χ1v) is 11.4. The molecule has 28 heavy (non-hydrogen) atoms. The van der Waals surface area contributed by atoms with Crippen LogP contribution in [0.1, 0.15) is 75.6 Å². The van der Waals surface area contributed by atoms with Gasteiger partial charge in [0.15, 0.2) is 0 Å². The third-order valence-corrected chi connectivity index (χ3v) is 9.23. The number of ether oxygens (including phenoxy) is 1. The molecule has 0 amide bonds. The van der Waals surface area contributed by atoms with Gasteiger partial charge in [0.1, 0.15) is 6.10 Å². The Balaban J connectivity index is 1.28. The molecule has 0 N–H and O–H groups in total. The van der Waals surface area contributed by atoms with Gasteiger partial charge in [0.25, 0.3) is 0 Å². The molecule has 0 aromatic heterocycles. The van der Waals surface area contributed by atoms with Crippen LogP contribution < -0.4 is 0 Å². The zero-order chi connectivity index (χ0) is 19.4. The van der Waals surface area contributed by atoms with Crippen molar-refractivity contribution in [2.45, 2.75) is 71.3 Å². The lowest BCUT2D eigenvalue weighted by atomic mass is 9.45. The number of rotatable bonds is 2. The van der Waals surface area contributed by atoms with Gasteiger partial charge in [0.2, 0.25) is 0 Å². The van der Waals surface area contributed by atoms with Crippen molar-refractivity contribution in [3.8, 4) is 0 Å². The average Bonchev–Trinajstić information content (AvgIpc) is 3.11. The van der Waals surface area contributed by atoms with Gasteiger partial charge in [-0.15, -0.1) is 0 Å². The average molecular weight is 379 g/mol. The molecule has 150 valence electrons. The maximum atomic E-state index is 12.5. The van der Waals surface area contributed by atoms with Crippen molar-refractivity contribution >= 4 is 5.97 Å². The van der Waals surface area contributed by atoms with Gasteiger partial charge < -0.3 is 4.74 Å². The molecule has 0 bridgehead atoms. The summed E-state index contributed by atoms with van der Waals surface area (Å²) in [5.74, 6) is 3.22. The number of hydrogen-bond donors (Lipinski definition) is 0. The van der Waals surface area contributed by atoms with Crippen LogP contribution >= 0.6 is 0 Å². The van der Waals surface area contributed by atoms with Crippen LogP contribution in [0.15, 0.2) is 42.5 Å². The fraction of sp³-hybridized carbons (Fsp3) is 0.654. The Labute approximate surface area is 169 Å². The van der Waals surface area contributed by atoms with Crippen molar-refractivity contribution < 1.29 is 9.53 Å². The lowest BCUT2D eigenvalue weighted by molar-refractivity contribution is -0.118. The molecule has 4 aliphatic rings. The standard InChI is InChI=1S/C26H34O2/c1-25-14-6-9-22(25)21-11-10-19-17-20(12-16-26(19,2)23(21)13-15-25)28-24(27)18-7-4-3-5-8-18/h3-8,14,19-23H,9-13,15-17H2,1-2H3/t19-,20+,21+,22+,23+,25-,26-/m0/s1. The molecular weight excluding hydrogens is 344 g/mol. The predicted octanol–water partition coefficient (Wildman–Crippen LogP) is 6.42. The highest BCUT2D eigenvalue weighted by Gasteiger charge is 2.57. The molecule has 3 saturated carbocycles. The van der Waals surface area contributed by atoms with Crippen molar-refractivity contribution in [1.82, 2.24) is 0 Å². The SMILES string of the molecule is C[C@]12CC[C@@H](OC(=O)c3ccccc3)C[C@@H]1CC[C@H]1[C@H]2CC[C@]2(C)C=CC[C@H]12. The van der Waals surface area contributed by atoms with Crippen LogP contribution in [0.5, 0.6) is 0 Å². The summed E-state index contributed by atoms with van der Waals surface area (Å²) in [7, 11) is 0. The smallest absolute Gasteiger partial charge is 0.338 e. The highest BCUT2D eigenvalue weighted by molar-refractivity contribution is 5.89. The molecule has 0 aliphatic heterocycles. The van der Waals surface area contributed by atoms with Crippen LogP contribution in [0.3, 0.4) is 0 Å². The highest BCUT2D eigenvalue weighted by Crippen LogP contribution is 2.65. The molecule has 0 radical (unpaired) electrons. The minimum atomic E-state index is -0.145. The maximum Gasteiger partial charge on any atom is 0.338 e. The Morgan fingerprint density at radius 2 is 1.82 bits per heavy atom. The largest absolute Gasteiger partial charge is 0.459 e. The second-order valence-corrected chi connectivity index (χ2v) is 10.5. The summed E-state index contributed by atoms with van der Waals surface area (Å²) in [6.45, 7) is 5.08. The third kappa shape index (κ3) is 2.86. The van der Waals surface area contributed by atoms with E-state index in [0.29, 0.717) is 16.4 Å². The van der Waals surface area contributed by atoms with E-state index < -0.39 is 0 Å². The number of carbonyl (C=O) groups is 1. The van der Waals surface area contributed by atoms with Crippen LogP contribution in [0.4, 0.5) is 0 Å². The molecule has 2 heteroatoms. The Morgan fingerprint density at radius 1 is 1.00 bits per heavy atom. The second kappa shape index (κ2) is 6.75. The fourth-order valence-electron chi connectivity index (χ4n) is 7.60. The molecule has 5 rings (SSSR count). The number of carbonyl (C=O) groups excluding carboxylic acids is 1. The van der Waals surface area contributed by atoms with Crippen LogP contribution in [-0.2, 0) is 4.74 Å². The van der Waals surface area contributed by atoms with Crippen molar-refractivity contribution in [3.05, 3.63) is 48.0 Å². The Hall–Kier alpha value is -1.57. The maximum absolute atomic E-state index is 12.5. The summed E-state index contributed by atoms with van der Waals surface area (Å²) in [4.78, 5) is 12.5. The molecule has 4 aliphatic carbocycles. The zero-order valence-electron chi connectivity index (χ0n) is 17.4. The summed E-state index contributed by atoms with van der Waals surface area (Å²) in [6.07, 6.45) is 15.2. The number of hydrogen-bond acceptors (Lipinski definition) is 2. The van der Waals surface area contributed by atoms with Crippen LogP contribution in [0.25, 0.3) is 0 Å². The molecule has 0 spiro atoms. The summed E-state index contributed by atoms with van der Waals surface area (Å²) in [5.41, 5.74) is 1.59. The van der Waals surface area contributed by atoms with Gasteiger partial charge in [0, 0.05) is 0 Å². The number of fused-ring (bicyclic) bond motifs is 5. The van der Waals surface area contributed by atoms with Crippen molar-refractivity contribution in [3.63, 3.8) is 0 Å². The van der Waals surface area contributed by atoms with E-state index in [1.54, 1.807) is 0 Å². The molecule has 7 atom stereocenters. The van der Waals surface area contributed by atoms with Gasteiger partial charge >= 0.3 is 5.97 Å². The molecular formula is C26H34O2.